The van der Waals surface area contributed by atoms with Gasteiger partial charge in [0.2, 0.25) is 0 Å². The van der Waals surface area contributed by atoms with Gasteiger partial charge in [0.1, 0.15) is 0 Å². The molecule has 0 aliphatic carbocycles. The molecule has 0 bridgehead atoms. The summed E-state index contributed by atoms with van der Waals surface area (Å²) in [7, 11) is 0. The fraction of sp³-hybridized carbons (Fsp3) is 0. The molecule has 0 spiro atoms. The summed E-state index contributed by atoms with van der Waals surface area (Å²) >= 11 is 0. The molecule has 0 aliphatic rings. The van der Waals surface area contributed by atoms with Gasteiger partial charge in [0.25, 0.3) is 0 Å². The zero-order valence-corrected chi connectivity index (χ0v) is 7.05. The van der Waals surface area contributed by atoms with E-state index in [4.69, 9.17) is 11.5 Å². The van der Waals surface area contributed by atoms with E-state index >= 15 is 0 Å². The normalized spacial score (nSPS) is 8.00. The Labute approximate surface area is 68.5 Å². The van der Waals surface area contributed by atoms with Gasteiger partial charge in [0.15, 0.2) is 0 Å². The van der Waals surface area contributed by atoms with Crippen LogP contribution in [0.15, 0.2) is 24.3 Å². The smallest absolute Gasteiger partial charge is 0.0334 e. The number of benzene rings is 1. The Bertz CT molecular complexity index is 171. The molecule has 1 aromatic carbocycles. The summed E-state index contributed by atoms with van der Waals surface area (Å²) in [4.78, 5) is 0. The molecule has 0 unspecified atom stereocenters. The van der Waals surface area contributed by atoms with Crippen molar-refractivity contribution in [2.24, 2.45) is 0 Å². The van der Waals surface area contributed by atoms with Crippen molar-refractivity contribution in [3.05, 3.63) is 24.3 Å². The molecule has 4 N–H and O–H groups in total. The van der Waals surface area contributed by atoms with E-state index in [1.807, 2.05) is 6.07 Å². The topological polar surface area (TPSA) is 52.0 Å². The summed E-state index contributed by atoms with van der Waals surface area (Å²) in [6.45, 7) is 0. The minimum absolute atomic E-state index is 0. The molecular formula is C6H8N2Pt. The van der Waals surface area contributed by atoms with E-state index in [1.165, 1.54) is 0 Å². The number of anilines is 2. The first-order valence-corrected chi connectivity index (χ1v) is 2.40. The van der Waals surface area contributed by atoms with E-state index in [0.29, 0.717) is 11.4 Å². The molecule has 0 fully saturated rings. The third kappa shape index (κ3) is 2.52. The maximum atomic E-state index is 5.38. The molecule has 0 aliphatic heterocycles. The predicted molar refractivity (Wildman–Crippen MR) is 35.3 cm³/mol. The second-order valence-corrected chi connectivity index (χ2v) is 1.67. The Balaban J connectivity index is 0.000000640. The van der Waals surface area contributed by atoms with Crippen molar-refractivity contribution in [1.82, 2.24) is 0 Å². The van der Waals surface area contributed by atoms with Crippen molar-refractivity contribution in [3.63, 3.8) is 0 Å². The van der Waals surface area contributed by atoms with E-state index in [9.17, 15) is 0 Å². The van der Waals surface area contributed by atoms with Crippen LogP contribution in [0, 0.1) is 0 Å². The molecule has 0 saturated carbocycles. The summed E-state index contributed by atoms with van der Waals surface area (Å²) < 4.78 is 0. The molecule has 2 nitrogen and oxygen atoms in total. The second-order valence-electron chi connectivity index (χ2n) is 1.67. The summed E-state index contributed by atoms with van der Waals surface area (Å²) in [5, 5.41) is 0. The Morgan fingerprint density at radius 1 is 1.00 bits per heavy atom. The third-order valence-corrected chi connectivity index (χ3v) is 0.911. The minimum Gasteiger partial charge on any atom is -0.399 e. The van der Waals surface area contributed by atoms with Crippen LogP contribution in [-0.4, -0.2) is 0 Å². The molecule has 0 amide bonds. The maximum absolute atomic E-state index is 5.38. The molecule has 0 aromatic heterocycles. The summed E-state index contributed by atoms with van der Waals surface area (Å²) in [6, 6.07) is 7.15. The van der Waals surface area contributed by atoms with Crippen molar-refractivity contribution < 1.29 is 21.1 Å². The van der Waals surface area contributed by atoms with Crippen molar-refractivity contribution in [1.29, 1.82) is 0 Å². The van der Waals surface area contributed by atoms with E-state index in [-0.39, 0.29) is 21.1 Å². The molecule has 0 heterocycles. The number of rotatable bonds is 0. The zero-order chi connectivity index (χ0) is 5.98. The van der Waals surface area contributed by atoms with Crippen LogP contribution >= 0.6 is 0 Å². The Morgan fingerprint density at radius 3 is 1.67 bits per heavy atom. The molecule has 52 valence electrons. The number of hydrogen-bond donors (Lipinski definition) is 2. The monoisotopic (exact) mass is 303 g/mol. The van der Waals surface area contributed by atoms with Gasteiger partial charge in [-0.25, -0.2) is 0 Å². The summed E-state index contributed by atoms with van der Waals surface area (Å²) in [5.74, 6) is 0. The van der Waals surface area contributed by atoms with Gasteiger partial charge in [0.05, 0.1) is 0 Å². The van der Waals surface area contributed by atoms with E-state index in [0.717, 1.165) is 0 Å². The first-order valence-electron chi connectivity index (χ1n) is 2.40. The first kappa shape index (κ1) is 8.51. The minimum atomic E-state index is 0. The average molecular weight is 303 g/mol. The number of nitrogen functional groups attached to an aromatic ring is 2. The first-order chi connectivity index (χ1) is 3.79. The van der Waals surface area contributed by atoms with Crippen molar-refractivity contribution in [2.45, 2.75) is 0 Å². The van der Waals surface area contributed by atoms with Crippen LogP contribution in [0.3, 0.4) is 0 Å². The molecule has 9 heavy (non-hydrogen) atoms. The van der Waals surface area contributed by atoms with E-state index < -0.39 is 0 Å². The molecule has 0 saturated heterocycles. The van der Waals surface area contributed by atoms with E-state index in [2.05, 4.69) is 0 Å². The standard InChI is InChI=1S/C6H8N2.Pt/c7-5-2-1-3-6(8)4-5;/h1-4H,7-8H2;. The van der Waals surface area contributed by atoms with Crippen molar-refractivity contribution >= 4 is 11.4 Å². The Kier molecular flexibility index (Phi) is 3.33. The number of nitrogens with two attached hydrogens (primary N) is 2. The largest absolute Gasteiger partial charge is 0.399 e. The maximum Gasteiger partial charge on any atom is 0.0334 e. The van der Waals surface area contributed by atoms with Crippen LogP contribution < -0.4 is 11.5 Å². The van der Waals surface area contributed by atoms with Gasteiger partial charge in [-0.2, -0.15) is 0 Å². The van der Waals surface area contributed by atoms with Gasteiger partial charge < -0.3 is 11.5 Å². The average Bonchev–Trinajstić information content (AvgIpc) is 1.64. The quantitative estimate of drug-likeness (QED) is 0.698. The molecule has 0 atom stereocenters. The summed E-state index contributed by atoms with van der Waals surface area (Å²) in [5.41, 5.74) is 12.2. The SMILES string of the molecule is Nc1cccc(N)c1.[Pt]. The fourth-order valence-corrected chi connectivity index (χ4v) is 0.559. The van der Waals surface area contributed by atoms with Crippen LogP contribution in [0.4, 0.5) is 11.4 Å². The Morgan fingerprint density at radius 2 is 1.44 bits per heavy atom. The zero-order valence-electron chi connectivity index (χ0n) is 4.78. The molecule has 1 aromatic rings. The van der Waals surface area contributed by atoms with E-state index in [1.54, 1.807) is 18.2 Å². The van der Waals surface area contributed by atoms with Gasteiger partial charge in [-0.1, -0.05) is 6.07 Å². The van der Waals surface area contributed by atoms with Crippen molar-refractivity contribution in [3.8, 4) is 0 Å². The predicted octanol–water partition coefficient (Wildman–Crippen LogP) is 0.849. The third-order valence-electron chi connectivity index (χ3n) is 0.911. The fourth-order valence-electron chi connectivity index (χ4n) is 0.559. The molecule has 1 rings (SSSR count). The Hall–Kier alpha value is -0.492. The van der Waals surface area contributed by atoms with Crippen molar-refractivity contribution in [2.75, 3.05) is 11.5 Å². The molecular weight excluding hydrogens is 295 g/mol. The van der Waals surface area contributed by atoms with Crippen LogP contribution in [0.2, 0.25) is 0 Å². The summed E-state index contributed by atoms with van der Waals surface area (Å²) in [6.07, 6.45) is 0. The van der Waals surface area contributed by atoms with Gasteiger partial charge in [0, 0.05) is 32.4 Å². The van der Waals surface area contributed by atoms with Gasteiger partial charge in [-0.3, -0.25) is 0 Å². The molecule has 0 radical (unpaired) electrons. The van der Waals surface area contributed by atoms with Crippen LogP contribution in [0.25, 0.3) is 0 Å². The van der Waals surface area contributed by atoms with Gasteiger partial charge in [-0.15, -0.1) is 0 Å². The molecule has 3 heteroatoms. The van der Waals surface area contributed by atoms with Gasteiger partial charge >= 0.3 is 0 Å². The van der Waals surface area contributed by atoms with Crippen LogP contribution in [0.1, 0.15) is 0 Å². The van der Waals surface area contributed by atoms with Crippen LogP contribution in [0.5, 0.6) is 0 Å². The van der Waals surface area contributed by atoms with Crippen LogP contribution in [-0.2, 0) is 21.1 Å². The van der Waals surface area contributed by atoms with Gasteiger partial charge in [-0.05, 0) is 18.2 Å². The second kappa shape index (κ2) is 3.52. The number of hydrogen-bond acceptors (Lipinski definition) is 2.